The Balaban J connectivity index is 1.62. The molecule has 2 aliphatic carbocycles. The summed E-state index contributed by atoms with van der Waals surface area (Å²) in [6, 6.07) is 7.28. The van der Waals surface area contributed by atoms with Gasteiger partial charge in [0.25, 0.3) is 5.91 Å². The maximum atomic E-state index is 13.2. The van der Waals surface area contributed by atoms with Crippen molar-refractivity contribution in [3.8, 4) is 0 Å². The number of carbonyl (C=O) groups is 1. The second-order valence-corrected chi connectivity index (χ2v) is 11.1. The molecule has 0 bridgehead atoms. The summed E-state index contributed by atoms with van der Waals surface area (Å²) in [5, 5.41) is 7.80. The van der Waals surface area contributed by atoms with E-state index < -0.39 is 10.0 Å². The molecule has 0 radical (unpaired) electrons. The highest BCUT2D eigenvalue weighted by molar-refractivity contribution is 7.91. The van der Waals surface area contributed by atoms with E-state index in [0.717, 1.165) is 49.0 Å². The fraction of sp³-hybridized carbons (Fsp3) is 0.421. The molecule has 1 amide bonds. The summed E-state index contributed by atoms with van der Waals surface area (Å²) in [7, 11) is -3.81. The fourth-order valence-corrected chi connectivity index (χ4v) is 5.67. The van der Waals surface area contributed by atoms with Gasteiger partial charge in [-0.2, -0.15) is 0 Å². The van der Waals surface area contributed by atoms with Gasteiger partial charge in [0, 0.05) is 23.4 Å². The summed E-state index contributed by atoms with van der Waals surface area (Å²) >= 11 is 13.3. The molecule has 0 aliphatic heterocycles. The summed E-state index contributed by atoms with van der Waals surface area (Å²) in [4.78, 5) is 15.1. The first-order valence-electron chi connectivity index (χ1n) is 9.07. The zero-order valence-corrected chi connectivity index (χ0v) is 18.2. The summed E-state index contributed by atoms with van der Waals surface area (Å²) in [5.74, 6) is -0.139. The lowest BCUT2D eigenvalue weighted by Gasteiger charge is -2.46. The van der Waals surface area contributed by atoms with Crippen molar-refractivity contribution in [2.24, 2.45) is 5.14 Å². The molecule has 28 heavy (non-hydrogen) atoms. The molecule has 2 fully saturated rings. The Morgan fingerprint density at radius 3 is 2.43 bits per heavy atom. The number of sulfonamides is 1. The lowest BCUT2D eigenvalue weighted by Crippen LogP contribution is -2.48. The second kappa shape index (κ2) is 7.29. The van der Waals surface area contributed by atoms with Gasteiger partial charge in [0.1, 0.15) is 4.21 Å². The summed E-state index contributed by atoms with van der Waals surface area (Å²) in [5.41, 5.74) is 1.34. The predicted molar refractivity (Wildman–Crippen MR) is 112 cm³/mol. The van der Waals surface area contributed by atoms with E-state index in [1.165, 1.54) is 6.07 Å². The van der Waals surface area contributed by atoms with Gasteiger partial charge in [-0.15, -0.1) is 11.3 Å². The third-order valence-corrected chi connectivity index (χ3v) is 8.79. The molecular weight excluding hydrogens is 439 g/mol. The maximum absolute atomic E-state index is 13.2. The molecule has 2 saturated carbocycles. The van der Waals surface area contributed by atoms with Crippen LogP contribution in [0.2, 0.25) is 10.0 Å². The molecule has 1 aromatic heterocycles. The summed E-state index contributed by atoms with van der Waals surface area (Å²) in [6.45, 7) is 0.592. The van der Waals surface area contributed by atoms with E-state index in [1.807, 2.05) is 17.0 Å². The number of benzene rings is 1. The molecule has 9 heteroatoms. The molecule has 0 spiro atoms. The number of nitrogens with zero attached hydrogens (tertiary/aromatic N) is 1. The summed E-state index contributed by atoms with van der Waals surface area (Å²) < 4.78 is 23.1. The van der Waals surface area contributed by atoms with Crippen LogP contribution in [-0.4, -0.2) is 31.8 Å². The predicted octanol–water partition coefficient (Wildman–Crippen LogP) is 4.43. The number of hydrogen-bond donors (Lipinski definition) is 1. The zero-order valence-electron chi connectivity index (χ0n) is 15.0. The number of rotatable bonds is 6. The molecule has 0 unspecified atom stereocenters. The Labute approximate surface area is 178 Å². The van der Waals surface area contributed by atoms with Crippen LogP contribution < -0.4 is 5.14 Å². The molecule has 2 N–H and O–H groups in total. The molecule has 2 aliphatic rings. The molecular formula is C19H20Cl2N2O3S2. The molecule has 0 atom stereocenters. The first-order valence-corrected chi connectivity index (χ1v) is 12.3. The van der Waals surface area contributed by atoms with Crippen molar-refractivity contribution in [3.05, 3.63) is 50.8 Å². The highest BCUT2D eigenvalue weighted by Gasteiger charge is 2.45. The molecule has 1 aromatic carbocycles. The third kappa shape index (κ3) is 3.83. The van der Waals surface area contributed by atoms with Crippen molar-refractivity contribution >= 4 is 50.5 Å². The van der Waals surface area contributed by atoms with E-state index in [1.54, 1.807) is 11.4 Å². The van der Waals surface area contributed by atoms with Gasteiger partial charge in [-0.05, 0) is 49.4 Å². The van der Waals surface area contributed by atoms with Gasteiger partial charge in [0.2, 0.25) is 10.0 Å². The number of amides is 1. The van der Waals surface area contributed by atoms with Crippen LogP contribution in [0.5, 0.6) is 0 Å². The van der Waals surface area contributed by atoms with Crippen molar-refractivity contribution in [2.75, 3.05) is 6.54 Å². The Kier molecular flexibility index (Phi) is 5.25. The normalized spacial score (nSPS) is 18.5. The smallest absolute Gasteiger partial charge is 0.255 e. The first kappa shape index (κ1) is 20.2. The van der Waals surface area contributed by atoms with Gasteiger partial charge in [0.15, 0.2) is 0 Å². The van der Waals surface area contributed by atoms with Crippen LogP contribution in [0.1, 0.15) is 48.0 Å². The van der Waals surface area contributed by atoms with Crippen molar-refractivity contribution < 1.29 is 13.2 Å². The van der Waals surface area contributed by atoms with Crippen LogP contribution in [0.4, 0.5) is 0 Å². The van der Waals surface area contributed by atoms with Gasteiger partial charge >= 0.3 is 0 Å². The van der Waals surface area contributed by atoms with E-state index in [0.29, 0.717) is 22.2 Å². The number of thiophene rings is 1. The Morgan fingerprint density at radius 2 is 1.93 bits per heavy atom. The number of nitrogens with two attached hydrogens (primary N) is 1. The quantitative estimate of drug-likeness (QED) is 0.694. The molecule has 1 heterocycles. The third-order valence-electron chi connectivity index (χ3n) is 5.67. The number of halogens is 2. The summed E-state index contributed by atoms with van der Waals surface area (Å²) in [6.07, 6.45) is 4.99. The largest absolute Gasteiger partial charge is 0.335 e. The average molecular weight is 459 g/mol. The van der Waals surface area contributed by atoms with Crippen molar-refractivity contribution in [3.63, 3.8) is 0 Å². The zero-order chi connectivity index (χ0) is 20.1. The number of hydrogen-bond acceptors (Lipinski definition) is 4. The first-order chi connectivity index (χ1) is 13.2. The molecule has 2 aromatic rings. The van der Waals surface area contributed by atoms with Crippen LogP contribution in [0.25, 0.3) is 0 Å². The van der Waals surface area contributed by atoms with Crippen LogP contribution in [-0.2, 0) is 15.4 Å². The SMILES string of the molecule is NS(=O)(=O)c1cc(C(=O)N(CC2(c3ccc(Cl)c(Cl)c3)CCC2)C2CC2)cs1. The number of primary sulfonamides is 1. The van der Waals surface area contributed by atoms with E-state index in [-0.39, 0.29) is 21.6 Å². The van der Waals surface area contributed by atoms with Gasteiger partial charge in [-0.3, -0.25) is 4.79 Å². The van der Waals surface area contributed by atoms with Gasteiger partial charge in [-0.1, -0.05) is 35.7 Å². The fourth-order valence-electron chi connectivity index (χ4n) is 3.79. The van der Waals surface area contributed by atoms with Crippen molar-refractivity contribution in [1.29, 1.82) is 0 Å². The van der Waals surface area contributed by atoms with Crippen LogP contribution >= 0.6 is 34.5 Å². The Morgan fingerprint density at radius 1 is 1.21 bits per heavy atom. The van der Waals surface area contributed by atoms with Crippen LogP contribution in [0, 0.1) is 0 Å². The number of carbonyl (C=O) groups excluding carboxylic acids is 1. The molecule has 4 rings (SSSR count). The average Bonchev–Trinajstić information content (AvgIpc) is 3.30. The minimum Gasteiger partial charge on any atom is -0.335 e. The van der Waals surface area contributed by atoms with E-state index in [9.17, 15) is 13.2 Å². The van der Waals surface area contributed by atoms with Gasteiger partial charge in [-0.25, -0.2) is 13.6 Å². The second-order valence-electron chi connectivity index (χ2n) is 7.63. The Bertz CT molecular complexity index is 1030. The topological polar surface area (TPSA) is 80.5 Å². The van der Waals surface area contributed by atoms with E-state index in [2.05, 4.69) is 0 Å². The van der Waals surface area contributed by atoms with E-state index in [4.69, 9.17) is 28.3 Å². The highest BCUT2D eigenvalue weighted by atomic mass is 35.5. The van der Waals surface area contributed by atoms with Crippen LogP contribution in [0.3, 0.4) is 0 Å². The molecule has 150 valence electrons. The van der Waals surface area contributed by atoms with Crippen molar-refractivity contribution in [1.82, 2.24) is 4.90 Å². The monoisotopic (exact) mass is 458 g/mol. The minimum atomic E-state index is -3.81. The lowest BCUT2D eigenvalue weighted by molar-refractivity contribution is 0.0634. The Hall–Kier alpha value is -1.12. The van der Waals surface area contributed by atoms with Gasteiger partial charge in [0.05, 0.1) is 15.6 Å². The molecule has 0 saturated heterocycles. The highest BCUT2D eigenvalue weighted by Crippen LogP contribution is 2.47. The van der Waals surface area contributed by atoms with Crippen LogP contribution in [0.15, 0.2) is 33.9 Å². The lowest BCUT2D eigenvalue weighted by atomic mass is 9.64. The van der Waals surface area contributed by atoms with Crippen molar-refractivity contribution in [2.45, 2.75) is 47.8 Å². The van der Waals surface area contributed by atoms with Gasteiger partial charge < -0.3 is 4.90 Å². The minimum absolute atomic E-state index is 0.00874. The standard InChI is InChI=1S/C19H20Cl2N2O3S2/c20-15-5-2-13(9-16(15)21)19(6-1-7-19)11-23(14-3-4-14)18(24)12-8-17(27-10-12)28(22,25)26/h2,5,8-10,14H,1,3-4,6-7,11H2,(H2,22,25,26). The molecule has 5 nitrogen and oxygen atoms in total. The maximum Gasteiger partial charge on any atom is 0.255 e. The van der Waals surface area contributed by atoms with E-state index >= 15 is 0 Å².